The van der Waals surface area contributed by atoms with Gasteiger partial charge < -0.3 is 9.15 Å². The first-order chi connectivity index (χ1) is 19.2. The van der Waals surface area contributed by atoms with E-state index in [1.54, 1.807) is 62.4 Å². The number of rotatable bonds is 10. The zero-order chi connectivity index (χ0) is 28.7. The van der Waals surface area contributed by atoms with Crippen LogP contribution >= 0.6 is 0 Å². The van der Waals surface area contributed by atoms with E-state index in [4.69, 9.17) is 9.15 Å². The van der Waals surface area contributed by atoms with Crippen molar-refractivity contribution in [3.8, 4) is 11.3 Å². The lowest BCUT2D eigenvalue weighted by molar-refractivity contribution is -0.119. The number of ether oxygens (including phenoxy) is 1. The predicted octanol–water partition coefficient (Wildman–Crippen LogP) is 4.92. The van der Waals surface area contributed by atoms with Crippen molar-refractivity contribution in [2.75, 3.05) is 17.5 Å². The van der Waals surface area contributed by atoms with Gasteiger partial charge >= 0.3 is 5.97 Å². The second kappa shape index (κ2) is 12.4. The predicted molar refractivity (Wildman–Crippen MR) is 148 cm³/mol. The van der Waals surface area contributed by atoms with Crippen molar-refractivity contribution in [1.82, 2.24) is 5.43 Å². The van der Waals surface area contributed by atoms with E-state index in [1.807, 2.05) is 0 Å². The van der Waals surface area contributed by atoms with Gasteiger partial charge in [-0.25, -0.2) is 23.0 Å². The van der Waals surface area contributed by atoms with Crippen LogP contribution in [0.4, 0.5) is 10.1 Å². The van der Waals surface area contributed by atoms with Crippen LogP contribution in [0, 0.1) is 12.7 Å². The lowest BCUT2D eigenvalue weighted by atomic mass is 10.1. The van der Waals surface area contributed by atoms with Crippen LogP contribution < -0.4 is 9.73 Å². The van der Waals surface area contributed by atoms with Crippen molar-refractivity contribution in [2.45, 2.75) is 18.7 Å². The summed E-state index contributed by atoms with van der Waals surface area (Å²) in [6.45, 7) is 3.10. The maximum atomic E-state index is 14.6. The normalized spacial score (nSPS) is 11.4. The van der Waals surface area contributed by atoms with Crippen LogP contribution in [-0.2, 0) is 19.6 Å². The summed E-state index contributed by atoms with van der Waals surface area (Å²) in [4.78, 5) is 24.4. The van der Waals surface area contributed by atoms with Crippen LogP contribution in [0.1, 0.15) is 28.6 Å². The number of aryl methyl sites for hydroxylation is 1. The van der Waals surface area contributed by atoms with Gasteiger partial charge in [0.25, 0.3) is 15.9 Å². The molecule has 40 heavy (non-hydrogen) atoms. The van der Waals surface area contributed by atoms with Gasteiger partial charge in [0.05, 0.1) is 29.0 Å². The Labute approximate surface area is 230 Å². The number of amides is 1. The van der Waals surface area contributed by atoms with E-state index in [2.05, 4.69) is 10.5 Å². The summed E-state index contributed by atoms with van der Waals surface area (Å²) in [5.41, 5.74) is 3.95. The molecule has 4 rings (SSSR count). The third-order valence-corrected chi connectivity index (χ3v) is 7.48. The molecule has 206 valence electrons. The molecule has 1 aromatic heterocycles. The molecule has 0 aliphatic carbocycles. The number of esters is 1. The molecule has 0 unspecified atom stereocenters. The molecule has 1 N–H and O–H groups in total. The number of benzene rings is 3. The van der Waals surface area contributed by atoms with E-state index >= 15 is 0 Å². The molecule has 1 heterocycles. The van der Waals surface area contributed by atoms with Crippen LogP contribution in [0.25, 0.3) is 11.3 Å². The molecule has 0 aliphatic heterocycles. The van der Waals surface area contributed by atoms with Crippen molar-refractivity contribution in [3.63, 3.8) is 0 Å². The summed E-state index contributed by atoms with van der Waals surface area (Å²) < 4.78 is 52.7. The maximum absolute atomic E-state index is 14.6. The van der Waals surface area contributed by atoms with Crippen LogP contribution in [-0.4, -0.2) is 39.7 Å². The van der Waals surface area contributed by atoms with Crippen molar-refractivity contribution < 1.29 is 31.6 Å². The molecule has 4 aromatic rings. The number of para-hydroxylation sites is 1. The zero-order valence-corrected chi connectivity index (χ0v) is 22.5. The zero-order valence-electron chi connectivity index (χ0n) is 21.7. The molecule has 1 amide bonds. The first kappa shape index (κ1) is 28.2. The average Bonchev–Trinajstić information content (AvgIpc) is 3.41. The number of anilines is 1. The minimum absolute atomic E-state index is 0.0870. The van der Waals surface area contributed by atoms with Gasteiger partial charge in [0.15, 0.2) is 0 Å². The van der Waals surface area contributed by atoms with E-state index in [0.717, 1.165) is 11.6 Å². The molecular formula is C29H26FN3O6S. The summed E-state index contributed by atoms with van der Waals surface area (Å²) in [7, 11) is -4.27. The first-order valence-corrected chi connectivity index (χ1v) is 13.7. The van der Waals surface area contributed by atoms with Crippen molar-refractivity contribution in [3.05, 3.63) is 108 Å². The molecule has 0 saturated carbocycles. The van der Waals surface area contributed by atoms with Crippen molar-refractivity contribution in [1.29, 1.82) is 0 Å². The lowest BCUT2D eigenvalue weighted by Gasteiger charge is -2.24. The Morgan fingerprint density at radius 3 is 2.38 bits per heavy atom. The lowest BCUT2D eigenvalue weighted by Crippen LogP contribution is -2.40. The standard InChI is InChI=1S/C29H26FN3O6S/c1-3-38-29(35)22-12-10-21(11-13-22)27-17-14-23(39-27)18-31-32-28(34)19-33(26-7-5-4-6-25(26)30)40(36,37)24-15-8-20(2)9-16-24/h4-18H,3,19H2,1-2H3,(H,32,34)/b31-18+. The summed E-state index contributed by atoms with van der Waals surface area (Å²) in [6.07, 6.45) is 1.25. The Morgan fingerprint density at radius 1 is 1.00 bits per heavy atom. The molecule has 0 aliphatic rings. The van der Waals surface area contributed by atoms with Gasteiger partial charge in [0.2, 0.25) is 0 Å². The smallest absolute Gasteiger partial charge is 0.338 e. The molecule has 0 fully saturated rings. The van der Waals surface area contributed by atoms with Gasteiger partial charge in [-0.3, -0.25) is 9.10 Å². The summed E-state index contributed by atoms with van der Waals surface area (Å²) in [5.74, 6) is -1.21. The van der Waals surface area contributed by atoms with E-state index in [0.29, 0.717) is 27.0 Å². The fraction of sp³-hybridized carbons (Fsp3) is 0.138. The van der Waals surface area contributed by atoms with Gasteiger partial charge in [-0.1, -0.05) is 42.0 Å². The Hall–Kier alpha value is -4.77. The third-order valence-electron chi connectivity index (χ3n) is 5.71. The van der Waals surface area contributed by atoms with E-state index in [1.165, 1.54) is 36.5 Å². The summed E-state index contributed by atoms with van der Waals surface area (Å²) in [5, 5.41) is 3.85. The van der Waals surface area contributed by atoms with E-state index < -0.39 is 34.3 Å². The number of furan rings is 1. The molecule has 0 spiro atoms. The Kier molecular flexibility index (Phi) is 8.75. The van der Waals surface area contributed by atoms with Crippen LogP contribution in [0.2, 0.25) is 0 Å². The number of hydrogen-bond donors (Lipinski definition) is 1. The minimum atomic E-state index is -4.27. The van der Waals surface area contributed by atoms with Crippen molar-refractivity contribution >= 4 is 33.8 Å². The molecular weight excluding hydrogens is 537 g/mol. The number of hydrazone groups is 1. The second-order valence-corrected chi connectivity index (χ2v) is 10.4. The van der Waals surface area contributed by atoms with E-state index in [-0.39, 0.29) is 17.2 Å². The number of nitrogens with one attached hydrogen (secondary N) is 1. The minimum Gasteiger partial charge on any atom is -0.462 e. The third kappa shape index (κ3) is 6.62. The quantitative estimate of drug-likeness (QED) is 0.166. The van der Waals surface area contributed by atoms with Crippen LogP contribution in [0.3, 0.4) is 0 Å². The Morgan fingerprint density at radius 2 is 1.70 bits per heavy atom. The number of carbonyl (C=O) groups is 2. The molecule has 9 nitrogen and oxygen atoms in total. The second-order valence-electron chi connectivity index (χ2n) is 8.57. The molecule has 11 heteroatoms. The number of nitrogens with zero attached hydrogens (tertiary/aromatic N) is 2. The fourth-order valence-corrected chi connectivity index (χ4v) is 5.12. The molecule has 0 radical (unpaired) electrons. The summed E-state index contributed by atoms with van der Waals surface area (Å²) >= 11 is 0. The van der Waals surface area contributed by atoms with Crippen molar-refractivity contribution in [2.24, 2.45) is 5.10 Å². The highest BCUT2D eigenvalue weighted by molar-refractivity contribution is 7.92. The van der Waals surface area contributed by atoms with Gasteiger partial charge in [-0.2, -0.15) is 5.10 Å². The maximum Gasteiger partial charge on any atom is 0.338 e. The van der Waals surface area contributed by atoms with Gasteiger partial charge in [-0.15, -0.1) is 0 Å². The summed E-state index contributed by atoms with van der Waals surface area (Å²) in [6, 6.07) is 21.3. The van der Waals surface area contributed by atoms with Gasteiger partial charge in [0, 0.05) is 5.56 Å². The molecule has 0 atom stereocenters. The molecule has 0 bridgehead atoms. The molecule has 0 saturated heterocycles. The van der Waals surface area contributed by atoms with Gasteiger partial charge in [-0.05, 0) is 62.4 Å². The topological polar surface area (TPSA) is 118 Å². The SMILES string of the molecule is CCOC(=O)c1ccc(-c2ccc(/C=N/NC(=O)CN(c3ccccc3F)S(=O)(=O)c3ccc(C)cc3)o2)cc1. The molecule has 3 aromatic carbocycles. The van der Waals surface area contributed by atoms with Crippen LogP contribution in [0.5, 0.6) is 0 Å². The Balaban J connectivity index is 1.46. The van der Waals surface area contributed by atoms with Crippen LogP contribution in [0.15, 0.2) is 99.3 Å². The fourth-order valence-electron chi connectivity index (χ4n) is 3.69. The largest absolute Gasteiger partial charge is 0.462 e. The average molecular weight is 564 g/mol. The number of sulfonamides is 1. The highest BCUT2D eigenvalue weighted by Gasteiger charge is 2.29. The van der Waals surface area contributed by atoms with Gasteiger partial charge in [0.1, 0.15) is 23.9 Å². The number of hydrogen-bond acceptors (Lipinski definition) is 7. The van der Waals surface area contributed by atoms with E-state index in [9.17, 15) is 22.4 Å². The number of halogens is 1. The Bertz CT molecular complexity index is 1630. The number of carbonyl (C=O) groups excluding carboxylic acids is 2. The monoisotopic (exact) mass is 563 g/mol. The highest BCUT2D eigenvalue weighted by atomic mass is 32.2. The first-order valence-electron chi connectivity index (χ1n) is 12.2. The highest BCUT2D eigenvalue weighted by Crippen LogP contribution is 2.26.